The van der Waals surface area contributed by atoms with Crippen LogP contribution in [-0.4, -0.2) is 36.8 Å². The molecule has 0 radical (unpaired) electrons. The monoisotopic (exact) mass is 386 g/mol. The van der Waals surface area contributed by atoms with Crippen LogP contribution < -0.4 is 9.47 Å². The fourth-order valence-electron chi connectivity index (χ4n) is 4.25. The Balaban J connectivity index is 1.63. The third-order valence-corrected chi connectivity index (χ3v) is 5.59. The van der Waals surface area contributed by atoms with Crippen LogP contribution in [0.15, 0.2) is 42.0 Å². The summed E-state index contributed by atoms with van der Waals surface area (Å²) in [6, 6.07) is 3.26. The molecule has 2 amide bonds. The molecule has 0 unspecified atom stereocenters. The van der Waals surface area contributed by atoms with Crippen LogP contribution in [0.2, 0.25) is 5.02 Å². The van der Waals surface area contributed by atoms with E-state index in [1.807, 2.05) is 12.2 Å². The molecule has 3 aliphatic rings. The lowest BCUT2D eigenvalue weighted by Gasteiger charge is -2.14. The molecule has 27 heavy (non-hydrogen) atoms. The van der Waals surface area contributed by atoms with Gasteiger partial charge in [-0.3, -0.25) is 9.59 Å². The van der Waals surface area contributed by atoms with Gasteiger partial charge >= 0.3 is 0 Å². The Morgan fingerprint density at radius 3 is 2.52 bits per heavy atom. The minimum absolute atomic E-state index is 0.148. The molecule has 7 heteroatoms. The van der Waals surface area contributed by atoms with E-state index in [1.54, 1.807) is 18.2 Å². The van der Waals surface area contributed by atoms with Gasteiger partial charge in [0, 0.05) is 16.7 Å². The smallest absolute Gasteiger partial charge is 0.254 e. The number of carbonyl (C=O) groups is 2. The topological polar surface area (TPSA) is 68.2 Å². The van der Waals surface area contributed by atoms with Crippen LogP contribution in [0.25, 0.3) is 0 Å². The first-order valence-corrected chi connectivity index (χ1v) is 9.14. The Morgan fingerprint density at radius 1 is 1.26 bits per heavy atom. The highest BCUT2D eigenvalue weighted by molar-refractivity contribution is 6.31. The van der Waals surface area contributed by atoms with Gasteiger partial charge in [0.25, 0.3) is 11.8 Å². The van der Waals surface area contributed by atoms with E-state index in [9.17, 15) is 9.59 Å². The Bertz CT molecular complexity index is 849. The highest BCUT2D eigenvalue weighted by Gasteiger charge is 2.59. The maximum Gasteiger partial charge on any atom is 0.254 e. The fourth-order valence-corrected chi connectivity index (χ4v) is 4.47. The molecule has 1 heterocycles. The van der Waals surface area contributed by atoms with Crippen molar-refractivity contribution in [1.29, 1.82) is 0 Å². The van der Waals surface area contributed by atoms with Gasteiger partial charge in [-0.25, -0.2) is 0 Å². The predicted molar refractivity (Wildman–Crippen MR) is 101 cm³/mol. The number of nitrogens with zero attached hydrogens (tertiary/aromatic N) is 2. The van der Waals surface area contributed by atoms with Gasteiger partial charge in [-0.1, -0.05) is 36.4 Å². The Morgan fingerprint density at radius 2 is 1.93 bits per heavy atom. The summed E-state index contributed by atoms with van der Waals surface area (Å²) in [4.78, 5) is 25.4. The van der Waals surface area contributed by atoms with Crippen molar-refractivity contribution in [3.05, 3.63) is 47.5 Å². The Hall–Kier alpha value is -2.60. The number of rotatable bonds is 6. The Labute approximate surface area is 162 Å². The first kappa shape index (κ1) is 17.8. The molecule has 2 bridgehead atoms. The maximum absolute atomic E-state index is 12.7. The van der Waals surface area contributed by atoms with Crippen LogP contribution in [-0.2, 0) is 9.59 Å². The quantitative estimate of drug-likeness (QED) is 0.428. The van der Waals surface area contributed by atoms with E-state index >= 15 is 0 Å². The molecule has 0 spiro atoms. The van der Waals surface area contributed by atoms with E-state index in [-0.39, 0.29) is 42.1 Å². The normalized spacial score (nSPS) is 28.3. The summed E-state index contributed by atoms with van der Waals surface area (Å²) < 4.78 is 11.0. The number of methoxy groups -OCH3 is 1. The summed E-state index contributed by atoms with van der Waals surface area (Å²) in [5.41, 5.74) is 0.514. The molecule has 1 aromatic carbocycles. The summed E-state index contributed by atoms with van der Waals surface area (Å²) in [6.07, 6.45) is 8.00. The number of imide groups is 1. The van der Waals surface area contributed by atoms with Gasteiger partial charge in [-0.15, -0.1) is 0 Å². The molecule has 0 N–H and O–H groups in total. The fraction of sp³-hybridized carbons (Fsp3) is 0.350. The van der Waals surface area contributed by atoms with Gasteiger partial charge in [0.05, 0.1) is 25.2 Å². The van der Waals surface area contributed by atoms with Gasteiger partial charge in [-0.2, -0.15) is 10.1 Å². The molecule has 140 valence electrons. The largest absolute Gasteiger partial charge is 0.493 e. The van der Waals surface area contributed by atoms with Gasteiger partial charge < -0.3 is 9.47 Å². The average Bonchev–Trinajstić information content (AvgIpc) is 3.33. The number of halogens is 1. The first-order valence-electron chi connectivity index (χ1n) is 8.76. The molecule has 2 fully saturated rings. The number of hydrazone groups is 1. The zero-order valence-corrected chi connectivity index (χ0v) is 15.6. The third kappa shape index (κ3) is 2.84. The standard InChI is InChI=1S/C20H19ClN2O4/c1-3-6-27-18-13(8-14(21)9-15(18)26-2)10-22-23-19(24)16-11-4-5-12(7-11)17(16)20(23)25/h3-5,8-12,16-17H,1,6-7H2,2H3/t11-,12-,16-,17+/m0/s1. The molecule has 1 aliphatic heterocycles. The second-order valence-electron chi connectivity index (χ2n) is 6.86. The van der Waals surface area contributed by atoms with Crippen LogP contribution in [0, 0.1) is 23.7 Å². The van der Waals surface area contributed by atoms with Crippen LogP contribution in [0.1, 0.15) is 12.0 Å². The van der Waals surface area contributed by atoms with E-state index in [0.29, 0.717) is 22.1 Å². The number of fused-ring (bicyclic) bond motifs is 5. The molecule has 4 atom stereocenters. The van der Waals surface area contributed by atoms with E-state index in [4.69, 9.17) is 21.1 Å². The van der Waals surface area contributed by atoms with Crippen molar-refractivity contribution in [2.75, 3.05) is 13.7 Å². The lowest BCUT2D eigenvalue weighted by molar-refractivity contribution is -0.140. The van der Waals surface area contributed by atoms with E-state index < -0.39 is 0 Å². The summed E-state index contributed by atoms with van der Waals surface area (Å²) in [7, 11) is 1.50. The van der Waals surface area contributed by atoms with Crippen LogP contribution in [0.4, 0.5) is 0 Å². The molecular weight excluding hydrogens is 368 g/mol. The Kier molecular flexibility index (Phi) is 4.52. The zero-order chi connectivity index (χ0) is 19.1. The van der Waals surface area contributed by atoms with Gasteiger partial charge in [-0.05, 0) is 24.3 Å². The van der Waals surface area contributed by atoms with Crippen LogP contribution >= 0.6 is 11.6 Å². The molecule has 0 aromatic heterocycles. The van der Waals surface area contributed by atoms with Crippen LogP contribution in [0.5, 0.6) is 11.5 Å². The molecule has 6 nitrogen and oxygen atoms in total. The average molecular weight is 387 g/mol. The summed E-state index contributed by atoms with van der Waals surface area (Å²) >= 11 is 6.14. The molecule has 1 aromatic rings. The first-order chi connectivity index (χ1) is 13.0. The lowest BCUT2D eigenvalue weighted by Crippen LogP contribution is -2.28. The van der Waals surface area contributed by atoms with Crippen molar-refractivity contribution in [2.45, 2.75) is 6.42 Å². The number of carbonyl (C=O) groups excluding carboxylic acids is 2. The molecule has 1 saturated heterocycles. The third-order valence-electron chi connectivity index (χ3n) is 5.37. The maximum atomic E-state index is 12.7. The zero-order valence-electron chi connectivity index (χ0n) is 14.8. The van der Waals surface area contributed by atoms with E-state index in [1.165, 1.54) is 13.3 Å². The lowest BCUT2D eigenvalue weighted by atomic mass is 9.85. The van der Waals surface area contributed by atoms with Crippen molar-refractivity contribution in [1.82, 2.24) is 5.01 Å². The number of ether oxygens (including phenoxy) is 2. The number of hydrogen-bond donors (Lipinski definition) is 0. The van der Waals surface area contributed by atoms with E-state index in [2.05, 4.69) is 11.7 Å². The van der Waals surface area contributed by atoms with Gasteiger partial charge in [0.15, 0.2) is 11.5 Å². The molecule has 1 saturated carbocycles. The highest BCUT2D eigenvalue weighted by Crippen LogP contribution is 2.52. The highest BCUT2D eigenvalue weighted by atomic mass is 35.5. The van der Waals surface area contributed by atoms with Crippen molar-refractivity contribution in [2.24, 2.45) is 28.8 Å². The molecule has 2 aliphatic carbocycles. The summed E-state index contributed by atoms with van der Waals surface area (Å²) in [6.45, 7) is 3.89. The number of hydrogen-bond acceptors (Lipinski definition) is 5. The second-order valence-corrected chi connectivity index (χ2v) is 7.30. The minimum atomic E-state index is -0.282. The number of amides is 2. The van der Waals surface area contributed by atoms with E-state index in [0.717, 1.165) is 11.4 Å². The summed E-state index contributed by atoms with van der Waals surface area (Å²) in [5, 5.41) is 5.60. The van der Waals surface area contributed by atoms with Crippen molar-refractivity contribution >= 4 is 29.6 Å². The SMILES string of the molecule is C=CCOc1c(C=NN2C(=O)[C@@H]3[C@H](C2=O)[C@H]2C=C[C@H]3C2)cc(Cl)cc1OC. The van der Waals surface area contributed by atoms with Crippen molar-refractivity contribution in [3.8, 4) is 11.5 Å². The second kappa shape index (κ2) is 6.85. The van der Waals surface area contributed by atoms with Crippen molar-refractivity contribution < 1.29 is 19.1 Å². The van der Waals surface area contributed by atoms with Gasteiger partial charge in [0.2, 0.25) is 0 Å². The molecule has 4 rings (SSSR count). The van der Waals surface area contributed by atoms with Crippen molar-refractivity contribution in [3.63, 3.8) is 0 Å². The molecular formula is C20H19ClN2O4. The summed E-state index contributed by atoms with van der Waals surface area (Å²) in [5.74, 6) is 0.116. The number of allylic oxidation sites excluding steroid dienone is 2. The van der Waals surface area contributed by atoms with Gasteiger partial charge in [0.1, 0.15) is 6.61 Å². The van der Waals surface area contributed by atoms with Crippen LogP contribution in [0.3, 0.4) is 0 Å². The number of benzene rings is 1. The predicted octanol–water partition coefficient (Wildman–Crippen LogP) is 3.05. The minimum Gasteiger partial charge on any atom is -0.493 e.